The van der Waals surface area contributed by atoms with Gasteiger partial charge in [-0.3, -0.25) is 0 Å². The van der Waals surface area contributed by atoms with E-state index in [-0.39, 0.29) is 5.02 Å². The van der Waals surface area contributed by atoms with Gasteiger partial charge in [0.25, 0.3) is 0 Å². The van der Waals surface area contributed by atoms with Gasteiger partial charge in [-0.25, -0.2) is 14.2 Å². The number of thiazole rings is 1. The van der Waals surface area contributed by atoms with Gasteiger partial charge >= 0.3 is 5.97 Å². The van der Waals surface area contributed by atoms with Gasteiger partial charge in [-0.15, -0.1) is 11.3 Å². The van der Waals surface area contributed by atoms with Crippen LogP contribution in [0.25, 0.3) is 16.3 Å². The lowest BCUT2D eigenvalue weighted by molar-refractivity contribution is -0.137. The maximum absolute atomic E-state index is 13.1. The summed E-state index contributed by atoms with van der Waals surface area (Å²) in [5.74, 6) is -0.842. The van der Waals surface area contributed by atoms with E-state index in [1.807, 2.05) is 0 Å². The molecule has 0 bridgehead atoms. The van der Waals surface area contributed by atoms with Crippen molar-refractivity contribution in [2.75, 3.05) is 6.61 Å². The van der Waals surface area contributed by atoms with Crippen LogP contribution >= 0.6 is 22.9 Å². The molecule has 0 unspecified atom stereocenters. The van der Waals surface area contributed by atoms with E-state index in [0.717, 1.165) is 0 Å². The van der Waals surface area contributed by atoms with Gasteiger partial charge in [0.2, 0.25) is 0 Å². The van der Waals surface area contributed by atoms with Gasteiger partial charge in [-0.2, -0.15) is 0 Å². The Morgan fingerprint density at radius 1 is 1.61 bits per heavy atom. The Balaban J connectivity index is 2.31. The Kier molecular flexibility index (Phi) is 3.93. The van der Waals surface area contributed by atoms with E-state index in [9.17, 15) is 9.18 Å². The van der Waals surface area contributed by atoms with Crippen LogP contribution in [-0.4, -0.2) is 17.6 Å². The fraction of sp³-hybridized carbons (Fsp3) is 0.167. The van der Waals surface area contributed by atoms with Crippen molar-refractivity contribution in [1.82, 2.24) is 4.98 Å². The third-order valence-corrected chi connectivity index (χ3v) is 3.33. The van der Waals surface area contributed by atoms with Crippen LogP contribution in [0.2, 0.25) is 5.02 Å². The third-order valence-electron chi connectivity index (χ3n) is 2.08. The summed E-state index contributed by atoms with van der Waals surface area (Å²) in [4.78, 5) is 15.3. The number of rotatable bonds is 3. The quantitative estimate of drug-likeness (QED) is 0.638. The first-order valence-electron chi connectivity index (χ1n) is 5.20. The number of esters is 1. The van der Waals surface area contributed by atoms with E-state index in [1.54, 1.807) is 6.92 Å². The third kappa shape index (κ3) is 2.86. The molecule has 1 heterocycles. The van der Waals surface area contributed by atoms with E-state index in [0.29, 0.717) is 21.8 Å². The number of hydrogen-bond acceptors (Lipinski definition) is 4. The Labute approximate surface area is 112 Å². The first-order chi connectivity index (χ1) is 8.60. The molecule has 1 aromatic carbocycles. The topological polar surface area (TPSA) is 39.2 Å². The highest BCUT2D eigenvalue weighted by Gasteiger charge is 2.08. The van der Waals surface area contributed by atoms with Crippen LogP contribution in [0, 0.1) is 5.82 Å². The molecule has 3 nitrogen and oxygen atoms in total. The summed E-state index contributed by atoms with van der Waals surface area (Å²) < 4.78 is 18.5. The molecule has 6 heteroatoms. The smallest absolute Gasteiger partial charge is 0.330 e. The molecule has 0 aliphatic heterocycles. The largest absolute Gasteiger partial charge is 0.463 e. The first-order valence-corrected chi connectivity index (χ1v) is 6.40. The molecule has 94 valence electrons. The van der Waals surface area contributed by atoms with Crippen LogP contribution in [0.3, 0.4) is 0 Å². The van der Waals surface area contributed by atoms with Crippen molar-refractivity contribution in [2.45, 2.75) is 6.92 Å². The first kappa shape index (κ1) is 13.0. The van der Waals surface area contributed by atoms with Crippen LogP contribution in [0.15, 0.2) is 18.2 Å². The number of nitrogens with zero attached hydrogens (tertiary/aromatic N) is 1. The van der Waals surface area contributed by atoms with E-state index in [4.69, 9.17) is 16.3 Å². The van der Waals surface area contributed by atoms with Crippen molar-refractivity contribution in [1.29, 1.82) is 0 Å². The molecular formula is C12H9ClFNO2S. The second-order valence-electron chi connectivity index (χ2n) is 3.37. The zero-order chi connectivity index (χ0) is 13.1. The molecular weight excluding hydrogens is 277 g/mol. The van der Waals surface area contributed by atoms with E-state index < -0.39 is 11.8 Å². The lowest BCUT2D eigenvalue weighted by Crippen LogP contribution is -1.98. The summed E-state index contributed by atoms with van der Waals surface area (Å²) in [7, 11) is 0. The van der Waals surface area contributed by atoms with Crippen molar-refractivity contribution in [2.24, 2.45) is 0 Å². The monoisotopic (exact) mass is 285 g/mol. The summed E-state index contributed by atoms with van der Waals surface area (Å²) in [6.07, 6.45) is 2.81. The molecule has 0 fully saturated rings. The van der Waals surface area contributed by atoms with Crippen LogP contribution in [0.1, 0.15) is 11.9 Å². The number of aromatic nitrogens is 1. The molecule has 18 heavy (non-hydrogen) atoms. The van der Waals surface area contributed by atoms with Crippen molar-refractivity contribution in [3.05, 3.63) is 34.1 Å². The van der Waals surface area contributed by atoms with E-state index in [2.05, 4.69) is 4.98 Å². The maximum atomic E-state index is 13.1. The minimum Gasteiger partial charge on any atom is -0.463 e. The van der Waals surface area contributed by atoms with E-state index >= 15 is 0 Å². The fourth-order valence-electron chi connectivity index (χ4n) is 1.38. The zero-order valence-corrected chi connectivity index (χ0v) is 11.0. The van der Waals surface area contributed by atoms with Gasteiger partial charge < -0.3 is 4.74 Å². The number of fused-ring (bicyclic) bond motifs is 1. The Morgan fingerprint density at radius 2 is 2.39 bits per heavy atom. The van der Waals surface area contributed by atoms with Crippen LogP contribution in [-0.2, 0) is 9.53 Å². The highest BCUT2D eigenvalue weighted by atomic mass is 35.5. The molecule has 0 saturated carbocycles. The minimum absolute atomic E-state index is 0.261. The molecule has 2 rings (SSSR count). The van der Waals surface area contributed by atoms with Crippen LogP contribution < -0.4 is 0 Å². The van der Waals surface area contributed by atoms with E-state index in [1.165, 1.54) is 35.6 Å². The predicted molar refractivity (Wildman–Crippen MR) is 70.3 cm³/mol. The molecule has 0 N–H and O–H groups in total. The Hall–Kier alpha value is -1.46. The predicted octanol–water partition coefficient (Wildman–Crippen LogP) is 3.67. The Morgan fingerprint density at radius 3 is 3.11 bits per heavy atom. The molecule has 0 amide bonds. The lowest BCUT2D eigenvalue weighted by atomic mass is 10.3. The van der Waals surface area contributed by atoms with Gasteiger partial charge in [-0.1, -0.05) is 11.6 Å². The highest BCUT2D eigenvalue weighted by Crippen LogP contribution is 2.29. The molecule has 2 aromatic rings. The second-order valence-corrected chi connectivity index (χ2v) is 4.84. The van der Waals surface area contributed by atoms with Gasteiger partial charge in [0.05, 0.1) is 16.3 Å². The number of halogens is 2. The lowest BCUT2D eigenvalue weighted by Gasteiger charge is -1.92. The summed E-state index contributed by atoms with van der Waals surface area (Å²) >= 11 is 7.13. The van der Waals surface area contributed by atoms with Gasteiger partial charge in [-0.05, 0) is 25.1 Å². The van der Waals surface area contributed by atoms with Crippen LogP contribution in [0.5, 0.6) is 0 Å². The van der Waals surface area contributed by atoms with Gasteiger partial charge in [0.15, 0.2) is 0 Å². The molecule has 0 atom stereocenters. The second kappa shape index (κ2) is 5.46. The molecule has 0 spiro atoms. The minimum atomic E-state index is -0.436. The maximum Gasteiger partial charge on any atom is 0.330 e. The number of ether oxygens (including phenoxy) is 1. The number of carbonyl (C=O) groups excluding carboxylic acids is 1. The summed E-state index contributed by atoms with van der Waals surface area (Å²) in [5, 5.41) is 0.836. The molecule has 0 radical (unpaired) electrons. The molecule has 0 aliphatic carbocycles. The number of benzene rings is 1. The number of hydrogen-bond donors (Lipinski definition) is 0. The van der Waals surface area contributed by atoms with Gasteiger partial charge in [0.1, 0.15) is 16.3 Å². The summed E-state index contributed by atoms with van der Waals surface area (Å²) in [5.41, 5.74) is 0.534. The molecule has 0 aliphatic rings. The average molecular weight is 286 g/mol. The Bertz CT molecular complexity index is 624. The van der Waals surface area contributed by atoms with Crippen LogP contribution in [0.4, 0.5) is 4.39 Å². The average Bonchev–Trinajstić information content (AvgIpc) is 2.70. The van der Waals surface area contributed by atoms with Crippen molar-refractivity contribution < 1.29 is 13.9 Å². The van der Waals surface area contributed by atoms with Gasteiger partial charge in [0, 0.05) is 6.08 Å². The van der Waals surface area contributed by atoms with Crippen molar-refractivity contribution in [3.63, 3.8) is 0 Å². The summed E-state index contributed by atoms with van der Waals surface area (Å²) in [6, 6.07) is 2.57. The normalized spacial score (nSPS) is 11.3. The molecule has 1 aromatic heterocycles. The summed E-state index contributed by atoms with van der Waals surface area (Å²) in [6.45, 7) is 2.05. The highest BCUT2D eigenvalue weighted by molar-refractivity contribution is 7.19. The standard InChI is InChI=1S/C12H9ClFNO2S/c1-2-17-11(16)4-3-10-15-12-8(13)5-7(14)6-9(12)18-10/h3-6H,2H2,1H3. The van der Waals surface area contributed by atoms with Crippen molar-refractivity contribution in [3.8, 4) is 0 Å². The SMILES string of the molecule is CCOC(=O)C=Cc1nc2c(Cl)cc(F)cc2s1. The van der Waals surface area contributed by atoms with Crippen molar-refractivity contribution >= 4 is 45.2 Å². The fourth-order valence-corrected chi connectivity index (χ4v) is 2.60. The number of carbonyl (C=O) groups is 1. The molecule has 0 saturated heterocycles. The zero-order valence-electron chi connectivity index (χ0n) is 9.44.